The van der Waals surface area contributed by atoms with Gasteiger partial charge in [-0.2, -0.15) is 0 Å². The summed E-state index contributed by atoms with van der Waals surface area (Å²) in [6.45, 7) is 4.59. The van der Waals surface area contributed by atoms with E-state index < -0.39 is 10.0 Å². The van der Waals surface area contributed by atoms with E-state index >= 15 is 0 Å². The van der Waals surface area contributed by atoms with E-state index in [9.17, 15) is 8.42 Å². The van der Waals surface area contributed by atoms with Gasteiger partial charge < -0.3 is 10.1 Å². The number of ether oxygens (including phenoxy) is 1. The number of rotatable bonds is 2. The van der Waals surface area contributed by atoms with Crippen LogP contribution in [0.15, 0.2) is 0 Å². The van der Waals surface area contributed by atoms with E-state index in [1.165, 1.54) is 0 Å². The van der Waals surface area contributed by atoms with Gasteiger partial charge in [-0.15, -0.1) is 0 Å². The second kappa shape index (κ2) is 5.31. The van der Waals surface area contributed by atoms with Gasteiger partial charge in [-0.3, -0.25) is 0 Å². The van der Waals surface area contributed by atoms with Crippen molar-refractivity contribution in [2.75, 3.05) is 39.4 Å². The van der Waals surface area contributed by atoms with Gasteiger partial charge in [0.25, 0.3) is 0 Å². The van der Waals surface area contributed by atoms with Crippen LogP contribution < -0.4 is 5.32 Å². The highest BCUT2D eigenvalue weighted by atomic mass is 32.2. The van der Waals surface area contributed by atoms with Gasteiger partial charge in [0.1, 0.15) is 0 Å². The average Bonchev–Trinajstić information content (AvgIpc) is 2.85. The third-order valence-corrected chi connectivity index (χ3v) is 7.21. The Labute approximate surface area is 115 Å². The molecule has 3 aliphatic heterocycles. The lowest BCUT2D eigenvalue weighted by Crippen LogP contribution is -2.44. The molecule has 3 heterocycles. The molecule has 0 aliphatic carbocycles. The molecule has 0 bridgehead atoms. The average molecular weight is 288 g/mol. The van der Waals surface area contributed by atoms with Crippen LogP contribution in [0.25, 0.3) is 0 Å². The fourth-order valence-electron chi connectivity index (χ4n) is 3.63. The summed E-state index contributed by atoms with van der Waals surface area (Å²) in [5.74, 6) is 0. The first-order chi connectivity index (χ1) is 9.12. The van der Waals surface area contributed by atoms with Crippen molar-refractivity contribution in [3.05, 3.63) is 0 Å². The summed E-state index contributed by atoms with van der Waals surface area (Å²) in [6.07, 6.45) is 4.88. The molecule has 5 nitrogen and oxygen atoms in total. The van der Waals surface area contributed by atoms with E-state index in [-0.39, 0.29) is 10.7 Å². The second-order valence-corrected chi connectivity index (χ2v) is 8.43. The predicted octanol–water partition coefficient (Wildman–Crippen LogP) is 0.571. The number of piperidine rings is 1. The first-order valence-electron chi connectivity index (χ1n) is 7.40. The minimum absolute atomic E-state index is 0.244. The van der Waals surface area contributed by atoms with Crippen LogP contribution in [0.5, 0.6) is 0 Å². The molecular formula is C13H24N2O3S. The maximum atomic E-state index is 12.6. The summed E-state index contributed by atoms with van der Waals surface area (Å²) in [6, 6.07) is 0. The minimum atomic E-state index is -3.15. The van der Waals surface area contributed by atoms with Gasteiger partial charge in [-0.1, -0.05) is 0 Å². The molecule has 0 saturated carbocycles. The molecule has 3 fully saturated rings. The molecule has 1 spiro atoms. The zero-order valence-corrected chi connectivity index (χ0v) is 12.3. The molecular weight excluding hydrogens is 264 g/mol. The Bertz CT molecular complexity index is 412. The summed E-state index contributed by atoms with van der Waals surface area (Å²) in [5, 5.41) is 3.06. The van der Waals surface area contributed by atoms with Crippen molar-refractivity contribution in [3.63, 3.8) is 0 Å². The van der Waals surface area contributed by atoms with Gasteiger partial charge in [-0.25, -0.2) is 12.7 Å². The molecule has 1 atom stereocenters. The summed E-state index contributed by atoms with van der Waals surface area (Å²) >= 11 is 0. The van der Waals surface area contributed by atoms with Crippen LogP contribution in [-0.4, -0.2) is 57.4 Å². The fraction of sp³-hybridized carbons (Fsp3) is 1.00. The Morgan fingerprint density at radius 2 is 2.00 bits per heavy atom. The van der Waals surface area contributed by atoms with Crippen LogP contribution in [0.4, 0.5) is 0 Å². The molecule has 110 valence electrons. The van der Waals surface area contributed by atoms with Crippen molar-refractivity contribution in [1.29, 1.82) is 0 Å². The molecule has 19 heavy (non-hydrogen) atoms. The second-order valence-electron chi connectivity index (χ2n) is 6.22. The Balaban J connectivity index is 1.69. The third-order valence-electron chi connectivity index (χ3n) is 4.97. The van der Waals surface area contributed by atoms with Crippen molar-refractivity contribution in [2.45, 2.75) is 37.4 Å². The van der Waals surface area contributed by atoms with Crippen LogP contribution in [0, 0.1) is 5.41 Å². The Morgan fingerprint density at radius 3 is 2.68 bits per heavy atom. The smallest absolute Gasteiger partial charge is 0.219 e. The maximum absolute atomic E-state index is 12.6. The maximum Gasteiger partial charge on any atom is 0.219 e. The van der Waals surface area contributed by atoms with Crippen LogP contribution in [-0.2, 0) is 14.8 Å². The quantitative estimate of drug-likeness (QED) is 0.807. The highest BCUT2D eigenvalue weighted by molar-refractivity contribution is 7.89. The first-order valence-corrected chi connectivity index (χ1v) is 8.90. The van der Waals surface area contributed by atoms with Crippen molar-refractivity contribution in [1.82, 2.24) is 9.62 Å². The molecule has 3 rings (SSSR count). The summed E-state index contributed by atoms with van der Waals surface area (Å²) in [5.41, 5.74) is 0.244. The fourth-order valence-corrected chi connectivity index (χ4v) is 5.59. The lowest BCUT2D eigenvalue weighted by Gasteiger charge is -2.34. The normalized spacial score (nSPS) is 32.7. The molecule has 0 aromatic rings. The van der Waals surface area contributed by atoms with Crippen LogP contribution in [0.2, 0.25) is 0 Å². The van der Waals surface area contributed by atoms with Crippen LogP contribution in [0.1, 0.15) is 32.1 Å². The SMILES string of the molecule is O=S(=O)(C1CCCOC1)N1CCC2(CCNCC2)C1. The molecule has 0 radical (unpaired) electrons. The predicted molar refractivity (Wildman–Crippen MR) is 73.5 cm³/mol. The first kappa shape index (κ1) is 13.8. The van der Waals surface area contributed by atoms with Gasteiger partial charge >= 0.3 is 0 Å². The molecule has 3 aliphatic rings. The number of hydrogen-bond donors (Lipinski definition) is 1. The molecule has 1 unspecified atom stereocenters. The minimum Gasteiger partial charge on any atom is -0.380 e. The third kappa shape index (κ3) is 2.68. The van der Waals surface area contributed by atoms with Crippen molar-refractivity contribution < 1.29 is 13.2 Å². The highest BCUT2D eigenvalue weighted by Crippen LogP contribution is 2.40. The van der Waals surface area contributed by atoms with Crippen molar-refractivity contribution >= 4 is 10.0 Å². The largest absolute Gasteiger partial charge is 0.380 e. The molecule has 6 heteroatoms. The van der Waals surface area contributed by atoms with E-state index in [1.807, 2.05) is 0 Å². The monoisotopic (exact) mass is 288 g/mol. The van der Waals surface area contributed by atoms with Gasteiger partial charge in [-0.05, 0) is 50.6 Å². The zero-order valence-electron chi connectivity index (χ0n) is 11.4. The number of hydrogen-bond acceptors (Lipinski definition) is 4. The Morgan fingerprint density at radius 1 is 1.21 bits per heavy atom. The molecule has 0 aromatic heterocycles. The number of nitrogens with one attached hydrogen (secondary N) is 1. The summed E-state index contributed by atoms with van der Waals surface area (Å²) < 4.78 is 32.4. The molecule has 0 amide bonds. The Kier molecular flexibility index (Phi) is 3.86. The lowest BCUT2D eigenvalue weighted by molar-refractivity contribution is 0.0974. The van der Waals surface area contributed by atoms with Gasteiger partial charge in [0, 0.05) is 19.7 Å². The summed E-state index contributed by atoms with van der Waals surface area (Å²) in [7, 11) is -3.15. The van der Waals surface area contributed by atoms with Crippen LogP contribution >= 0.6 is 0 Å². The van der Waals surface area contributed by atoms with Crippen molar-refractivity contribution in [3.8, 4) is 0 Å². The lowest BCUT2D eigenvalue weighted by atomic mass is 9.78. The molecule has 1 N–H and O–H groups in total. The molecule has 0 aromatic carbocycles. The molecule has 3 saturated heterocycles. The summed E-state index contributed by atoms with van der Waals surface area (Å²) in [4.78, 5) is 0. The van der Waals surface area contributed by atoms with Gasteiger partial charge in [0.05, 0.1) is 11.9 Å². The highest BCUT2D eigenvalue weighted by Gasteiger charge is 2.45. The van der Waals surface area contributed by atoms with Crippen LogP contribution in [0.3, 0.4) is 0 Å². The van der Waals surface area contributed by atoms with E-state index in [4.69, 9.17) is 4.74 Å². The van der Waals surface area contributed by atoms with E-state index in [0.717, 1.165) is 51.7 Å². The van der Waals surface area contributed by atoms with E-state index in [2.05, 4.69) is 5.32 Å². The number of nitrogens with zero attached hydrogens (tertiary/aromatic N) is 1. The van der Waals surface area contributed by atoms with E-state index in [1.54, 1.807) is 4.31 Å². The number of sulfonamides is 1. The van der Waals surface area contributed by atoms with Gasteiger partial charge in [0.15, 0.2) is 0 Å². The van der Waals surface area contributed by atoms with Gasteiger partial charge in [0.2, 0.25) is 10.0 Å². The Hall–Kier alpha value is -0.170. The topological polar surface area (TPSA) is 58.6 Å². The van der Waals surface area contributed by atoms with E-state index in [0.29, 0.717) is 19.8 Å². The zero-order chi connectivity index (χ0) is 13.3. The standard InChI is InChI=1S/C13H24N2O3S/c16-19(17,12-2-1-9-18-10-12)15-8-5-13(11-15)3-6-14-7-4-13/h12,14H,1-11H2. The van der Waals surface area contributed by atoms with Crippen molar-refractivity contribution in [2.24, 2.45) is 5.41 Å².